The van der Waals surface area contributed by atoms with Crippen LogP contribution in [0, 0.1) is 5.92 Å². The molecule has 0 radical (unpaired) electrons. The fourth-order valence-electron chi connectivity index (χ4n) is 4.01. The van der Waals surface area contributed by atoms with E-state index in [0.717, 1.165) is 18.8 Å². The summed E-state index contributed by atoms with van der Waals surface area (Å²) in [6.45, 7) is 5.01. The molecule has 1 N–H and O–H groups in total. The first-order valence-corrected chi connectivity index (χ1v) is 13.1. The summed E-state index contributed by atoms with van der Waals surface area (Å²) in [7, 11) is 0. The summed E-state index contributed by atoms with van der Waals surface area (Å²) >= 11 is 0. The Morgan fingerprint density at radius 2 is 1.19 bits per heavy atom. The maximum absolute atomic E-state index is 12.1. The first kappa shape index (κ1) is 28.2. The molecule has 0 aliphatic rings. The van der Waals surface area contributed by atoms with Gasteiger partial charge >= 0.3 is 11.9 Å². The molecule has 182 valence electrons. The predicted molar refractivity (Wildman–Crippen MR) is 132 cm³/mol. The molecule has 1 atom stereocenters. The van der Waals surface area contributed by atoms with Gasteiger partial charge in [-0.25, -0.2) is 9.59 Å². The van der Waals surface area contributed by atoms with Crippen LogP contribution in [0.25, 0.3) is 0 Å². The average Bonchev–Trinajstić information content (AvgIpc) is 2.80. The number of hydrogen-bond donors (Lipinski definition) is 1. The van der Waals surface area contributed by atoms with E-state index in [0.29, 0.717) is 6.61 Å². The Labute approximate surface area is 196 Å². The van der Waals surface area contributed by atoms with Crippen LogP contribution >= 0.6 is 0 Å². The van der Waals surface area contributed by atoms with Gasteiger partial charge in [0, 0.05) is 0 Å². The number of rotatable bonds is 20. The number of carboxylic acids is 1. The lowest BCUT2D eigenvalue weighted by Gasteiger charge is -2.07. The minimum absolute atomic E-state index is 0.00502. The molecule has 32 heavy (non-hydrogen) atoms. The number of unbranched alkanes of at least 4 members (excludes halogenated alkanes) is 13. The number of carbonyl (C=O) groups excluding carboxylic acids is 1. The summed E-state index contributed by atoms with van der Waals surface area (Å²) in [5, 5.41) is 9.14. The first-order chi connectivity index (χ1) is 15.6. The Morgan fingerprint density at radius 1 is 0.750 bits per heavy atom. The number of ether oxygens (including phenoxy) is 1. The first-order valence-electron chi connectivity index (χ1n) is 13.1. The van der Waals surface area contributed by atoms with E-state index in [4.69, 9.17) is 9.84 Å². The molecule has 1 unspecified atom stereocenters. The van der Waals surface area contributed by atoms with Gasteiger partial charge in [-0.3, -0.25) is 0 Å². The summed E-state index contributed by atoms with van der Waals surface area (Å²) < 4.78 is 5.25. The van der Waals surface area contributed by atoms with Crippen molar-refractivity contribution in [3.63, 3.8) is 0 Å². The quantitative estimate of drug-likeness (QED) is 0.161. The molecule has 1 rings (SSSR count). The van der Waals surface area contributed by atoms with Crippen molar-refractivity contribution in [2.24, 2.45) is 5.92 Å². The van der Waals surface area contributed by atoms with Crippen LogP contribution in [0.5, 0.6) is 0 Å². The Bertz CT molecular complexity index is 626. The van der Waals surface area contributed by atoms with E-state index >= 15 is 0 Å². The molecule has 1 aromatic carbocycles. The van der Waals surface area contributed by atoms with Crippen molar-refractivity contribution in [2.75, 3.05) is 6.61 Å². The van der Waals surface area contributed by atoms with Crippen molar-refractivity contribution in [1.29, 1.82) is 0 Å². The van der Waals surface area contributed by atoms with E-state index in [9.17, 15) is 9.59 Å². The molecule has 0 spiro atoms. The van der Waals surface area contributed by atoms with Crippen molar-refractivity contribution in [3.05, 3.63) is 35.4 Å². The molecule has 1 aromatic rings. The van der Waals surface area contributed by atoms with E-state index in [1.165, 1.54) is 102 Å². The molecule has 4 nitrogen and oxygen atoms in total. The lowest BCUT2D eigenvalue weighted by molar-refractivity contribution is 0.0487. The van der Waals surface area contributed by atoms with Crippen LogP contribution in [-0.2, 0) is 4.74 Å². The Balaban J connectivity index is 1.87. The fourth-order valence-corrected chi connectivity index (χ4v) is 4.01. The molecule has 0 amide bonds. The van der Waals surface area contributed by atoms with Crippen LogP contribution in [0.15, 0.2) is 24.3 Å². The minimum Gasteiger partial charge on any atom is -0.478 e. The zero-order chi connectivity index (χ0) is 23.4. The second-order valence-corrected chi connectivity index (χ2v) is 9.24. The molecule has 0 saturated heterocycles. The maximum atomic E-state index is 12.1. The van der Waals surface area contributed by atoms with E-state index < -0.39 is 11.9 Å². The van der Waals surface area contributed by atoms with Crippen LogP contribution in [0.3, 0.4) is 0 Å². The highest BCUT2D eigenvalue weighted by Gasteiger charge is 2.16. The number of aromatic carboxylic acids is 1. The lowest BCUT2D eigenvalue weighted by atomic mass is 9.99. The van der Waals surface area contributed by atoms with Gasteiger partial charge in [-0.2, -0.15) is 0 Å². The zero-order valence-corrected chi connectivity index (χ0v) is 20.6. The summed E-state index contributed by atoms with van der Waals surface area (Å²) in [4.78, 5) is 23.2. The highest BCUT2D eigenvalue weighted by molar-refractivity contribution is 6.02. The molecule has 0 fully saturated rings. The third-order valence-corrected chi connectivity index (χ3v) is 6.40. The summed E-state index contributed by atoms with van der Waals surface area (Å²) in [5.74, 6) is -0.750. The normalized spacial score (nSPS) is 11.9. The Morgan fingerprint density at radius 3 is 1.66 bits per heavy atom. The SMILES string of the molecule is CCC(C)CCCCCCCCCCCCCCCCOC(=O)c1ccccc1C(=O)O. The summed E-state index contributed by atoms with van der Waals surface area (Å²) in [6.07, 6.45) is 20.8. The van der Waals surface area contributed by atoms with Crippen molar-refractivity contribution < 1.29 is 19.4 Å². The largest absolute Gasteiger partial charge is 0.478 e. The van der Waals surface area contributed by atoms with E-state index in [1.54, 1.807) is 12.1 Å². The average molecular weight is 447 g/mol. The number of esters is 1. The number of carbonyl (C=O) groups is 2. The second kappa shape index (κ2) is 18.7. The fraction of sp³-hybridized carbons (Fsp3) is 0.714. The van der Waals surface area contributed by atoms with E-state index in [-0.39, 0.29) is 11.1 Å². The van der Waals surface area contributed by atoms with Crippen molar-refractivity contribution in [1.82, 2.24) is 0 Å². The Hall–Kier alpha value is -1.84. The number of carboxylic acid groups (broad SMARTS) is 1. The van der Waals surface area contributed by atoms with Gasteiger partial charge < -0.3 is 9.84 Å². The third-order valence-electron chi connectivity index (χ3n) is 6.40. The molecule has 4 heteroatoms. The standard InChI is InChI=1S/C28H46O4/c1-3-24(2)20-16-14-12-10-8-6-4-5-7-9-11-13-15-19-23-32-28(31)26-22-18-17-21-25(26)27(29)30/h17-18,21-22,24H,3-16,19-20,23H2,1-2H3,(H,29,30). The summed E-state index contributed by atoms with van der Waals surface area (Å²) in [5.41, 5.74) is 0.121. The van der Waals surface area contributed by atoms with Gasteiger partial charge in [0.1, 0.15) is 0 Å². The topological polar surface area (TPSA) is 63.6 Å². The van der Waals surface area contributed by atoms with E-state index in [1.807, 2.05) is 0 Å². The van der Waals surface area contributed by atoms with Crippen molar-refractivity contribution in [3.8, 4) is 0 Å². The number of hydrogen-bond acceptors (Lipinski definition) is 3. The molecule has 0 saturated carbocycles. The molecule has 0 bridgehead atoms. The smallest absolute Gasteiger partial charge is 0.339 e. The van der Waals surface area contributed by atoms with Gasteiger partial charge in [0.2, 0.25) is 0 Å². The van der Waals surface area contributed by atoms with Crippen molar-refractivity contribution in [2.45, 2.75) is 117 Å². The molecule has 0 aliphatic heterocycles. The minimum atomic E-state index is -1.11. The van der Waals surface area contributed by atoms with Gasteiger partial charge in [-0.05, 0) is 24.5 Å². The summed E-state index contributed by atoms with van der Waals surface area (Å²) in [6, 6.07) is 6.19. The van der Waals surface area contributed by atoms with Crippen LogP contribution in [0.4, 0.5) is 0 Å². The van der Waals surface area contributed by atoms with Crippen molar-refractivity contribution >= 4 is 11.9 Å². The maximum Gasteiger partial charge on any atom is 0.339 e. The van der Waals surface area contributed by atoms with Crippen LogP contribution < -0.4 is 0 Å². The Kier molecular flexibility index (Phi) is 16.5. The van der Waals surface area contributed by atoms with Crippen LogP contribution in [0.1, 0.15) is 137 Å². The lowest BCUT2D eigenvalue weighted by Crippen LogP contribution is -2.12. The predicted octanol–water partition coefficient (Wildman–Crippen LogP) is 8.44. The van der Waals surface area contributed by atoms with Gasteiger partial charge in [0.25, 0.3) is 0 Å². The highest BCUT2D eigenvalue weighted by Crippen LogP contribution is 2.16. The van der Waals surface area contributed by atoms with Crippen LogP contribution in [0.2, 0.25) is 0 Å². The monoisotopic (exact) mass is 446 g/mol. The van der Waals surface area contributed by atoms with Gasteiger partial charge in [-0.15, -0.1) is 0 Å². The second-order valence-electron chi connectivity index (χ2n) is 9.24. The highest BCUT2D eigenvalue weighted by atomic mass is 16.5. The zero-order valence-electron chi connectivity index (χ0n) is 20.6. The molecular formula is C28H46O4. The van der Waals surface area contributed by atoms with E-state index in [2.05, 4.69) is 13.8 Å². The molecule has 0 heterocycles. The van der Waals surface area contributed by atoms with Gasteiger partial charge in [0.05, 0.1) is 17.7 Å². The van der Waals surface area contributed by atoms with Crippen LogP contribution in [-0.4, -0.2) is 23.7 Å². The number of benzene rings is 1. The molecule has 0 aromatic heterocycles. The molecular weight excluding hydrogens is 400 g/mol. The third kappa shape index (κ3) is 13.5. The van der Waals surface area contributed by atoms with Gasteiger partial charge in [-0.1, -0.05) is 122 Å². The molecule has 0 aliphatic carbocycles. The van der Waals surface area contributed by atoms with Gasteiger partial charge in [0.15, 0.2) is 0 Å².